The van der Waals surface area contributed by atoms with Crippen molar-refractivity contribution >= 4 is 17.3 Å². The molecule has 0 spiro atoms. The first-order chi connectivity index (χ1) is 9.95. The highest BCUT2D eigenvalue weighted by atomic mass is 16.6. The zero-order valence-corrected chi connectivity index (χ0v) is 10.9. The van der Waals surface area contributed by atoms with E-state index < -0.39 is 10.9 Å². The Labute approximate surface area is 119 Å². The third kappa shape index (κ3) is 3.69. The van der Waals surface area contributed by atoms with Crippen LogP contribution in [-0.4, -0.2) is 16.0 Å². The van der Waals surface area contributed by atoms with Gasteiger partial charge in [0.2, 0.25) is 0 Å². The highest BCUT2D eigenvalue weighted by molar-refractivity contribution is 5.70. The number of nitro benzene ring substituents is 1. The molecule has 0 saturated carbocycles. The van der Waals surface area contributed by atoms with Crippen molar-refractivity contribution in [2.45, 2.75) is 6.42 Å². The topological polar surface area (TPSA) is 116 Å². The first-order valence-electron chi connectivity index (χ1n) is 5.98. The van der Waals surface area contributed by atoms with Gasteiger partial charge >= 0.3 is 5.97 Å². The van der Waals surface area contributed by atoms with Gasteiger partial charge in [0.05, 0.1) is 17.0 Å². The van der Waals surface area contributed by atoms with E-state index in [-0.39, 0.29) is 23.5 Å². The molecule has 0 aliphatic carbocycles. The number of carboxylic acids is 1. The fraction of sp³-hybridized carbons (Fsp3) is 0.0714. The molecule has 0 aliphatic heterocycles. The molecule has 2 aromatic carbocycles. The van der Waals surface area contributed by atoms with Crippen LogP contribution < -0.4 is 10.5 Å². The number of hydrogen-bond acceptors (Lipinski definition) is 5. The Morgan fingerprint density at radius 3 is 2.67 bits per heavy atom. The van der Waals surface area contributed by atoms with Gasteiger partial charge in [-0.2, -0.15) is 0 Å². The Kier molecular flexibility index (Phi) is 4.03. The highest BCUT2D eigenvalue weighted by Crippen LogP contribution is 2.30. The maximum Gasteiger partial charge on any atom is 0.307 e. The lowest BCUT2D eigenvalue weighted by Gasteiger charge is -2.09. The number of carboxylic acid groups (broad SMARTS) is 1. The van der Waals surface area contributed by atoms with E-state index in [4.69, 9.17) is 15.6 Å². The van der Waals surface area contributed by atoms with Gasteiger partial charge in [-0.1, -0.05) is 12.1 Å². The van der Waals surface area contributed by atoms with Crippen LogP contribution in [0.3, 0.4) is 0 Å². The van der Waals surface area contributed by atoms with Crippen molar-refractivity contribution in [3.05, 3.63) is 58.1 Å². The average molecular weight is 288 g/mol. The van der Waals surface area contributed by atoms with E-state index in [1.54, 1.807) is 24.3 Å². The van der Waals surface area contributed by atoms with Crippen LogP contribution in [-0.2, 0) is 11.2 Å². The molecule has 2 rings (SSSR count). The van der Waals surface area contributed by atoms with Gasteiger partial charge in [0.1, 0.15) is 5.75 Å². The number of non-ortho nitro benzene ring substituents is 1. The number of nitrogens with zero attached hydrogens (tertiary/aromatic N) is 1. The molecule has 0 fully saturated rings. The Hall–Kier alpha value is -3.09. The quantitative estimate of drug-likeness (QED) is 0.496. The van der Waals surface area contributed by atoms with E-state index in [1.165, 1.54) is 18.2 Å². The van der Waals surface area contributed by atoms with Crippen molar-refractivity contribution in [3.63, 3.8) is 0 Å². The van der Waals surface area contributed by atoms with Gasteiger partial charge in [0.15, 0.2) is 5.75 Å². The summed E-state index contributed by atoms with van der Waals surface area (Å²) in [6, 6.07) is 10.4. The minimum Gasteiger partial charge on any atom is -0.481 e. The van der Waals surface area contributed by atoms with Crippen LogP contribution in [0.1, 0.15) is 5.56 Å². The standard InChI is InChI=1S/C14H12N2O5/c15-12-8-10(16(19)20)4-5-13(12)21-11-3-1-2-9(6-11)7-14(17)18/h1-6,8H,7,15H2,(H,17,18). The smallest absolute Gasteiger partial charge is 0.307 e. The first-order valence-corrected chi connectivity index (χ1v) is 5.98. The van der Waals surface area contributed by atoms with Crippen LogP contribution in [0.4, 0.5) is 11.4 Å². The Morgan fingerprint density at radius 1 is 1.29 bits per heavy atom. The normalized spacial score (nSPS) is 10.1. The monoisotopic (exact) mass is 288 g/mol. The average Bonchev–Trinajstić information content (AvgIpc) is 2.40. The number of benzene rings is 2. The number of carbonyl (C=O) groups is 1. The van der Waals surface area contributed by atoms with Crippen LogP contribution in [0.25, 0.3) is 0 Å². The molecule has 21 heavy (non-hydrogen) atoms. The van der Waals surface area contributed by atoms with Gasteiger partial charge < -0.3 is 15.6 Å². The summed E-state index contributed by atoms with van der Waals surface area (Å²) in [6.07, 6.45) is -0.118. The zero-order chi connectivity index (χ0) is 15.4. The lowest BCUT2D eigenvalue weighted by Crippen LogP contribution is -2.00. The summed E-state index contributed by atoms with van der Waals surface area (Å²) >= 11 is 0. The number of nitrogens with two attached hydrogens (primary N) is 1. The summed E-state index contributed by atoms with van der Waals surface area (Å²) in [4.78, 5) is 20.7. The number of hydrogen-bond donors (Lipinski definition) is 2. The van der Waals surface area contributed by atoms with Crippen molar-refractivity contribution in [1.29, 1.82) is 0 Å². The van der Waals surface area contributed by atoms with Gasteiger partial charge in [-0.3, -0.25) is 14.9 Å². The second-order valence-corrected chi connectivity index (χ2v) is 4.30. The maximum atomic E-state index is 10.7. The summed E-state index contributed by atoms with van der Waals surface area (Å²) in [5.74, 6) is -0.260. The van der Waals surface area contributed by atoms with Crippen molar-refractivity contribution in [2.24, 2.45) is 0 Å². The molecule has 108 valence electrons. The number of rotatable bonds is 5. The van der Waals surface area contributed by atoms with Crippen molar-refractivity contribution in [1.82, 2.24) is 0 Å². The van der Waals surface area contributed by atoms with E-state index in [1.807, 2.05) is 0 Å². The summed E-state index contributed by atoms with van der Waals surface area (Å²) in [5.41, 5.74) is 6.29. The van der Waals surface area contributed by atoms with Gasteiger partial charge in [-0.05, 0) is 23.8 Å². The Bertz CT molecular complexity index is 700. The lowest BCUT2D eigenvalue weighted by molar-refractivity contribution is -0.384. The van der Waals surface area contributed by atoms with Crippen LogP contribution in [0, 0.1) is 10.1 Å². The summed E-state index contributed by atoms with van der Waals surface area (Å²) < 4.78 is 5.53. The molecule has 7 heteroatoms. The predicted octanol–water partition coefficient (Wildman–Crippen LogP) is 2.60. The van der Waals surface area contributed by atoms with E-state index in [9.17, 15) is 14.9 Å². The molecule has 0 aliphatic rings. The number of aliphatic carboxylic acids is 1. The van der Waals surface area contributed by atoms with Crippen molar-refractivity contribution in [2.75, 3.05) is 5.73 Å². The maximum absolute atomic E-state index is 10.7. The zero-order valence-electron chi connectivity index (χ0n) is 10.9. The minimum atomic E-state index is -0.943. The van der Waals surface area contributed by atoms with Crippen LogP contribution in [0.15, 0.2) is 42.5 Å². The molecule has 0 atom stereocenters. The van der Waals surface area contributed by atoms with E-state index in [0.717, 1.165) is 0 Å². The molecule has 0 unspecified atom stereocenters. The second-order valence-electron chi connectivity index (χ2n) is 4.30. The van der Waals surface area contributed by atoms with Gasteiger partial charge in [-0.15, -0.1) is 0 Å². The number of anilines is 1. The molecular weight excluding hydrogens is 276 g/mol. The molecule has 0 saturated heterocycles. The first kappa shape index (κ1) is 14.3. The minimum absolute atomic E-state index is 0.118. The van der Waals surface area contributed by atoms with Crippen LogP contribution in [0.2, 0.25) is 0 Å². The fourth-order valence-corrected chi connectivity index (χ4v) is 1.76. The highest BCUT2D eigenvalue weighted by Gasteiger charge is 2.10. The molecule has 0 bridgehead atoms. The largest absolute Gasteiger partial charge is 0.481 e. The summed E-state index contributed by atoms with van der Waals surface area (Å²) in [6.45, 7) is 0. The van der Waals surface area contributed by atoms with Crippen molar-refractivity contribution < 1.29 is 19.6 Å². The predicted molar refractivity (Wildman–Crippen MR) is 75.4 cm³/mol. The van der Waals surface area contributed by atoms with Gasteiger partial charge in [0.25, 0.3) is 5.69 Å². The van der Waals surface area contributed by atoms with Crippen LogP contribution >= 0.6 is 0 Å². The van der Waals surface area contributed by atoms with Crippen LogP contribution in [0.5, 0.6) is 11.5 Å². The molecule has 3 N–H and O–H groups in total. The van der Waals surface area contributed by atoms with Gasteiger partial charge in [0, 0.05) is 12.1 Å². The molecule has 0 amide bonds. The van der Waals surface area contributed by atoms with Crippen molar-refractivity contribution in [3.8, 4) is 11.5 Å². The number of nitro groups is 1. The lowest BCUT2D eigenvalue weighted by atomic mass is 10.1. The third-order valence-electron chi connectivity index (χ3n) is 2.69. The molecule has 7 nitrogen and oxygen atoms in total. The van der Waals surface area contributed by atoms with E-state index >= 15 is 0 Å². The fourth-order valence-electron chi connectivity index (χ4n) is 1.76. The third-order valence-corrected chi connectivity index (χ3v) is 2.69. The molecule has 0 radical (unpaired) electrons. The van der Waals surface area contributed by atoms with E-state index in [2.05, 4.69) is 0 Å². The number of nitrogen functional groups attached to an aromatic ring is 1. The number of ether oxygens (including phenoxy) is 1. The van der Waals surface area contributed by atoms with Gasteiger partial charge in [-0.25, -0.2) is 0 Å². The molecule has 0 aromatic heterocycles. The van der Waals surface area contributed by atoms with E-state index in [0.29, 0.717) is 11.3 Å². The molecular formula is C14H12N2O5. The Balaban J connectivity index is 2.22. The second kappa shape index (κ2) is 5.91. The molecule has 0 heterocycles. The SMILES string of the molecule is Nc1cc([N+](=O)[O-])ccc1Oc1cccc(CC(=O)O)c1. The molecule has 2 aromatic rings. The Morgan fingerprint density at radius 2 is 2.05 bits per heavy atom. The summed E-state index contributed by atoms with van der Waals surface area (Å²) in [7, 11) is 0. The summed E-state index contributed by atoms with van der Waals surface area (Å²) in [5, 5.41) is 19.4.